The van der Waals surface area contributed by atoms with Crippen molar-refractivity contribution in [3.63, 3.8) is 0 Å². The molecule has 34 heavy (non-hydrogen) atoms. The van der Waals surface area contributed by atoms with Gasteiger partial charge in [0.25, 0.3) is 0 Å². The molecule has 0 spiro atoms. The summed E-state index contributed by atoms with van der Waals surface area (Å²) in [5, 5.41) is 0.313. The van der Waals surface area contributed by atoms with E-state index in [4.69, 9.17) is 21.1 Å². The largest absolute Gasteiger partial charge is 0.466 e. The minimum absolute atomic E-state index is 0.0651. The van der Waals surface area contributed by atoms with Crippen molar-refractivity contribution in [2.24, 2.45) is 0 Å². The summed E-state index contributed by atoms with van der Waals surface area (Å²) in [6, 6.07) is 2.18. The van der Waals surface area contributed by atoms with Crippen LogP contribution in [0.25, 0.3) is 10.2 Å². The van der Waals surface area contributed by atoms with Crippen molar-refractivity contribution in [2.45, 2.75) is 45.6 Å². The monoisotopic (exact) mass is 509 g/mol. The number of nitrogens with zero attached hydrogens (tertiary/aromatic N) is 5. The lowest BCUT2D eigenvalue weighted by Crippen LogP contribution is -2.45. The molecule has 188 valence electrons. The highest BCUT2D eigenvalue weighted by Gasteiger charge is 2.21. The van der Waals surface area contributed by atoms with E-state index in [1.807, 2.05) is 6.92 Å². The Bertz CT molecular complexity index is 929. The van der Waals surface area contributed by atoms with Crippen LogP contribution in [0.15, 0.2) is 6.07 Å². The molecule has 0 radical (unpaired) electrons. The highest BCUT2D eigenvalue weighted by molar-refractivity contribution is 7.19. The lowest BCUT2D eigenvalue weighted by molar-refractivity contribution is -0.143. The summed E-state index contributed by atoms with van der Waals surface area (Å²) in [6.45, 7) is 11.9. The number of carbonyl (C=O) groups is 1. The minimum atomic E-state index is -0.0651. The fourth-order valence-electron chi connectivity index (χ4n) is 4.59. The van der Waals surface area contributed by atoms with Crippen LogP contribution in [-0.2, 0) is 20.8 Å². The second-order valence-electron chi connectivity index (χ2n) is 8.93. The standard InChI is InChI=1S/C24H36ClN5O3S/c1-2-33-21(31)7-5-3-4-6-8-28-9-11-29(12-10-28)18-19-17-20-22(34-19)23(27-24(25)26-20)30-13-15-32-16-14-30/h17H,2-16,18H2,1H3. The number of fused-ring (bicyclic) bond motifs is 1. The molecule has 0 amide bonds. The first kappa shape index (κ1) is 25.6. The smallest absolute Gasteiger partial charge is 0.305 e. The van der Waals surface area contributed by atoms with Gasteiger partial charge in [-0.3, -0.25) is 9.69 Å². The van der Waals surface area contributed by atoms with Crippen molar-refractivity contribution in [3.8, 4) is 0 Å². The van der Waals surface area contributed by atoms with E-state index in [9.17, 15) is 4.79 Å². The molecule has 2 aromatic heterocycles. The molecule has 4 heterocycles. The number of ether oxygens (including phenoxy) is 2. The van der Waals surface area contributed by atoms with E-state index < -0.39 is 0 Å². The van der Waals surface area contributed by atoms with Crippen molar-refractivity contribution < 1.29 is 14.3 Å². The zero-order valence-corrected chi connectivity index (χ0v) is 21.7. The van der Waals surface area contributed by atoms with Crippen LogP contribution in [0.1, 0.15) is 43.9 Å². The molecule has 2 aromatic rings. The maximum atomic E-state index is 11.4. The normalized spacial score (nSPS) is 18.0. The lowest BCUT2D eigenvalue weighted by Gasteiger charge is -2.34. The van der Waals surface area contributed by atoms with E-state index in [1.54, 1.807) is 11.3 Å². The fourth-order valence-corrected chi connectivity index (χ4v) is 5.91. The summed E-state index contributed by atoms with van der Waals surface area (Å²) in [4.78, 5) is 29.1. The van der Waals surface area contributed by atoms with Crippen LogP contribution < -0.4 is 4.90 Å². The predicted octanol–water partition coefficient (Wildman–Crippen LogP) is 3.81. The van der Waals surface area contributed by atoms with Crippen molar-refractivity contribution in [2.75, 3.05) is 70.5 Å². The summed E-state index contributed by atoms with van der Waals surface area (Å²) in [6.07, 6.45) is 4.96. The van der Waals surface area contributed by atoms with E-state index in [2.05, 4.69) is 30.7 Å². The van der Waals surface area contributed by atoms with Gasteiger partial charge < -0.3 is 19.3 Å². The second kappa shape index (κ2) is 13.0. The molecule has 0 unspecified atom stereocenters. The Labute approximate surface area is 211 Å². The third-order valence-corrected chi connectivity index (χ3v) is 7.72. The first-order chi connectivity index (χ1) is 16.6. The van der Waals surface area contributed by atoms with Gasteiger partial charge in [-0.1, -0.05) is 12.8 Å². The van der Waals surface area contributed by atoms with Crippen LogP contribution in [-0.4, -0.2) is 91.4 Å². The maximum Gasteiger partial charge on any atom is 0.305 e. The van der Waals surface area contributed by atoms with Crippen LogP contribution in [0.3, 0.4) is 0 Å². The highest BCUT2D eigenvalue weighted by Crippen LogP contribution is 2.34. The van der Waals surface area contributed by atoms with Crippen LogP contribution >= 0.6 is 22.9 Å². The molecule has 0 bridgehead atoms. The van der Waals surface area contributed by atoms with Crippen LogP contribution in [0, 0.1) is 0 Å². The molecule has 0 saturated carbocycles. The minimum Gasteiger partial charge on any atom is -0.466 e. The first-order valence-electron chi connectivity index (χ1n) is 12.5. The number of piperazine rings is 1. The Hall–Kier alpha value is -1.52. The number of thiophene rings is 1. The van der Waals surface area contributed by atoms with Gasteiger partial charge in [0, 0.05) is 57.1 Å². The Morgan fingerprint density at radius 3 is 2.56 bits per heavy atom. The van der Waals surface area contributed by atoms with Gasteiger partial charge in [0.1, 0.15) is 0 Å². The molecule has 2 aliphatic heterocycles. The maximum absolute atomic E-state index is 11.4. The molecule has 8 nitrogen and oxygen atoms in total. The van der Waals surface area contributed by atoms with Gasteiger partial charge in [-0.25, -0.2) is 4.98 Å². The molecule has 10 heteroatoms. The van der Waals surface area contributed by atoms with Gasteiger partial charge in [-0.2, -0.15) is 4.98 Å². The topological polar surface area (TPSA) is 71.0 Å². The summed E-state index contributed by atoms with van der Waals surface area (Å²) in [7, 11) is 0. The average Bonchev–Trinajstić information content (AvgIpc) is 3.24. The number of halogens is 1. The van der Waals surface area contributed by atoms with Gasteiger partial charge in [-0.05, 0) is 44.0 Å². The molecular formula is C24H36ClN5O3S. The Morgan fingerprint density at radius 1 is 1.06 bits per heavy atom. The van der Waals surface area contributed by atoms with Gasteiger partial charge in [0.05, 0.1) is 30.0 Å². The molecule has 0 N–H and O–H groups in total. The molecule has 2 saturated heterocycles. The summed E-state index contributed by atoms with van der Waals surface area (Å²) < 4.78 is 11.6. The van der Waals surface area contributed by atoms with E-state index in [0.29, 0.717) is 18.3 Å². The molecule has 0 aromatic carbocycles. The number of morpholine rings is 1. The highest BCUT2D eigenvalue weighted by atomic mass is 35.5. The third-order valence-electron chi connectivity index (χ3n) is 6.44. The van der Waals surface area contributed by atoms with E-state index in [1.165, 1.54) is 17.7 Å². The van der Waals surface area contributed by atoms with E-state index in [0.717, 1.165) is 94.4 Å². The molecule has 0 atom stereocenters. The fraction of sp³-hybridized carbons (Fsp3) is 0.708. The van der Waals surface area contributed by atoms with Crippen LogP contribution in [0.4, 0.5) is 5.82 Å². The molecule has 4 rings (SSSR count). The second-order valence-corrected chi connectivity index (χ2v) is 10.4. The SMILES string of the molecule is CCOC(=O)CCCCCCN1CCN(Cc2cc3nc(Cl)nc(N4CCOCC4)c3s2)CC1. The van der Waals surface area contributed by atoms with Crippen LogP contribution in [0.2, 0.25) is 5.28 Å². The van der Waals surface area contributed by atoms with Crippen molar-refractivity contribution >= 4 is 44.9 Å². The lowest BCUT2D eigenvalue weighted by atomic mass is 10.1. The Morgan fingerprint density at radius 2 is 1.79 bits per heavy atom. The summed E-state index contributed by atoms with van der Waals surface area (Å²) in [5.41, 5.74) is 0.947. The number of esters is 1. The third kappa shape index (κ3) is 7.24. The van der Waals surface area contributed by atoms with Gasteiger partial charge in [0.2, 0.25) is 5.28 Å². The van der Waals surface area contributed by atoms with Gasteiger partial charge >= 0.3 is 5.97 Å². The summed E-state index contributed by atoms with van der Waals surface area (Å²) >= 11 is 8.04. The van der Waals surface area contributed by atoms with Gasteiger partial charge in [-0.15, -0.1) is 11.3 Å². The molecule has 2 aliphatic rings. The zero-order valence-electron chi connectivity index (χ0n) is 20.1. The quantitative estimate of drug-likeness (QED) is 0.257. The van der Waals surface area contributed by atoms with Crippen molar-refractivity contribution in [1.82, 2.24) is 19.8 Å². The van der Waals surface area contributed by atoms with Crippen LogP contribution in [0.5, 0.6) is 0 Å². The average molecular weight is 510 g/mol. The van der Waals surface area contributed by atoms with Crippen molar-refractivity contribution in [3.05, 3.63) is 16.2 Å². The number of unbranched alkanes of at least 4 members (excludes halogenated alkanes) is 3. The van der Waals surface area contributed by atoms with Gasteiger partial charge in [0.15, 0.2) is 5.82 Å². The first-order valence-corrected chi connectivity index (χ1v) is 13.7. The Kier molecular flexibility index (Phi) is 9.76. The zero-order chi connectivity index (χ0) is 23.8. The predicted molar refractivity (Wildman–Crippen MR) is 137 cm³/mol. The Balaban J connectivity index is 1.20. The summed E-state index contributed by atoms with van der Waals surface area (Å²) in [5.74, 6) is 0.881. The molecule has 0 aliphatic carbocycles. The number of carbonyl (C=O) groups excluding carboxylic acids is 1. The number of hydrogen-bond acceptors (Lipinski definition) is 9. The molecule has 2 fully saturated rings. The van der Waals surface area contributed by atoms with E-state index in [-0.39, 0.29) is 5.97 Å². The number of hydrogen-bond donors (Lipinski definition) is 0. The number of anilines is 1. The van der Waals surface area contributed by atoms with Crippen molar-refractivity contribution in [1.29, 1.82) is 0 Å². The van der Waals surface area contributed by atoms with E-state index >= 15 is 0 Å². The number of rotatable bonds is 11. The molecular weight excluding hydrogens is 474 g/mol. The number of aromatic nitrogens is 2.